The van der Waals surface area contributed by atoms with E-state index in [-0.39, 0.29) is 11.9 Å². The normalized spacial score (nSPS) is 17.8. The average molecular weight is 328 g/mol. The smallest absolute Gasteiger partial charge is 0.266 e. The summed E-state index contributed by atoms with van der Waals surface area (Å²) in [5, 5.41) is 9.17. The summed E-state index contributed by atoms with van der Waals surface area (Å²) in [6.45, 7) is 3.25. The van der Waals surface area contributed by atoms with E-state index in [1.165, 1.54) is 11.3 Å². The second kappa shape index (κ2) is 5.62. The van der Waals surface area contributed by atoms with E-state index < -0.39 is 0 Å². The summed E-state index contributed by atoms with van der Waals surface area (Å²) >= 11 is 1.43. The zero-order valence-electron chi connectivity index (χ0n) is 12.7. The Morgan fingerprint density at radius 2 is 2.00 bits per heavy atom. The molecule has 1 aliphatic heterocycles. The van der Waals surface area contributed by atoms with Gasteiger partial charge in [0.05, 0.1) is 24.1 Å². The SMILES string of the molecule is Cc1nc(-n2cccc2)sc1C(=O)N1CCC(n2nccn2)C1. The maximum atomic E-state index is 12.8. The number of carbonyl (C=O) groups is 1. The van der Waals surface area contributed by atoms with Gasteiger partial charge in [-0.1, -0.05) is 11.3 Å². The number of amides is 1. The summed E-state index contributed by atoms with van der Waals surface area (Å²) in [5.41, 5.74) is 0.782. The molecule has 4 rings (SSSR count). The van der Waals surface area contributed by atoms with Gasteiger partial charge in [-0.25, -0.2) is 4.98 Å². The van der Waals surface area contributed by atoms with Gasteiger partial charge >= 0.3 is 0 Å². The van der Waals surface area contributed by atoms with Crippen LogP contribution in [0, 0.1) is 6.92 Å². The maximum absolute atomic E-state index is 12.8. The van der Waals surface area contributed by atoms with E-state index in [9.17, 15) is 4.79 Å². The minimum atomic E-state index is 0.0491. The van der Waals surface area contributed by atoms with Crippen LogP contribution in [0.15, 0.2) is 36.9 Å². The molecule has 1 aliphatic rings. The third-order valence-electron chi connectivity index (χ3n) is 4.02. The minimum absolute atomic E-state index is 0.0491. The zero-order chi connectivity index (χ0) is 15.8. The van der Waals surface area contributed by atoms with Crippen molar-refractivity contribution >= 4 is 17.2 Å². The number of aryl methyl sites for hydroxylation is 1. The molecule has 0 aromatic carbocycles. The molecule has 1 fully saturated rings. The Morgan fingerprint density at radius 3 is 2.74 bits per heavy atom. The van der Waals surface area contributed by atoms with Gasteiger partial charge in [0.1, 0.15) is 4.88 Å². The number of carbonyl (C=O) groups excluding carboxylic acids is 1. The number of nitrogens with zero attached hydrogens (tertiary/aromatic N) is 6. The average Bonchev–Trinajstić information content (AvgIpc) is 3.31. The fourth-order valence-electron chi connectivity index (χ4n) is 2.83. The molecule has 1 saturated heterocycles. The van der Waals surface area contributed by atoms with Crippen LogP contribution in [0.5, 0.6) is 0 Å². The first-order valence-electron chi connectivity index (χ1n) is 7.48. The molecular weight excluding hydrogens is 312 g/mol. The van der Waals surface area contributed by atoms with Gasteiger partial charge in [-0.15, -0.1) is 0 Å². The van der Waals surface area contributed by atoms with Crippen LogP contribution in [0.25, 0.3) is 5.13 Å². The third-order valence-corrected chi connectivity index (χ3v) is 5.18. The highest BCUT2D eigenvalue weighted by atomic mass is 32.1. The van der Waals surface area contributed by atoms with Gasteiger partial charge in [-0.3, -0.25) is 4.79 Å². The van der Waals surface area contributed by atoms with Crippen LogP contribution in [0.3, 0.4) is 0 Å². The molecule has 1 atom stereocenters. The van der Waals surface area contributed by atoms with Gasteiger partial charge in [0.25, 0.3) is 5.91 Å². The fraction of sp³-hybridized carbons (Fsp3) is 0.333. The van der Waals surface area contributed by atoms with Crippen molar-refractivity contribution < 1.29 is 4.79 Å². The van der Waals surface area contributed by atoms with E-state index in [0.717, 1.165) is 23.8 Å². The summed E-state index contributed by atoms with van der Waals surface area (Å²) in [6.07, 6.45) is 8.08. The highest BCUT2D eigenvalue weighted by Gasteiger charge is 2.31. The first-order chi connectivity index (χ1) is 11.2. The molecule has 0 radical (unpaired) electrons. The van der Waals surface area contributed by atoms with Gasteiger partial charge in [0.15, 0.2) is 5.13 Å². The molecule has 8 heteroatoms. The Hall–Kier alpha value is -2.48. The summed E-state index contributed by atoms with van der Waals surface area (Å²) in [7, 11) is 0. The summed E-state index contributed by atoms with van der Waals surface area (Å²) in [4.78, 5) is 21.6. The molecule has 7 nitrogen and oxygen atoms in total. The van der Waals surface area contributed by atoms with Crippen LogP contribution in [-0.4, -0.2) is 48.4 Å². The second-order valence-electron chi connectivity index (χ2n) is 5.54. The Labute approximate surface area is 137 Å². The molecule has 0 spiro atoms. The lowest BCUT2D eigenvalue weighted by Crippen LogP contribution is -2.29. The molecule has 23 heavy (non-hydrogen) atoms. The van der Waals surface area contributed by atoms with E-state index in [0.29, 0.717) is 11.4 Å². The molecule has 0 N–H and O–H groups in total. The number of thiazole rings is 1. The van der Waals surface area contributed by atoms with Gasteiger partial charge < -0.3 is 9.47 Å². The van der Waals surface area contributed by atoms with Crippen LogP contribution < -0.4 is 0 Å². The lowest BCUT2D eigenvalue weighted by molar-refractivity contribution is 0.0790. The van der Waals surface area contributed by atoms with Crippen molar-refractivity contribution in [1.29, 1.82) is 0 Å². The van der Waals surface area contributed by atoms with Crippen molar-refractivity contribution in [1.82, 2.24) is 29.4 Å². The molecule has 1 unspecified atom stereocenters. The number of hydrogen-bond acceptors (Lipinski definition) is 5. The molecule has 0 saturated carbocycles. The van der Waals surface area contributed by atoms with Gasteiger partial charge in [0.2, 0.25) is 0 Å². The van der Waals surface area contributed by atoms with Crippen molar-refractivity contribution in [3.63, 3.8) is 0 Å². The first kappa shape index (κ1) is 14.1. The summed E-state index contributed by atoms with van der Waals surface area (Å²) in [6, 6.07) is 4.05. The molecule has 3 aromatic rings. The van der Waals surface area contributed by atoms with E-state index >= 15 is 0 Å². The van der Waals surface area contributed by atoms with E-state index in [2.05, 4.69) is 15.2 Å². The Morgan fingerprint density at radius 1 is 1.26 bits per heavy atom. The molecule has 0 bridgehead atoms. The molecule has 3 aromatic heterocycles. The van der Waals surface area contributed by atoms with Crippen molar-refractivity contribution in [2.24, 2.45) is 0 Å². The van der Waals surface area contributed by atoms with E-state index in [4.69, 9.17) is 0 Å². The van der Waals surface area contributed by atoms with Gasteiger partial charge in [0, 0.05) is 25.5 Å². The molecule has 4 heterocycles. The predicted molar refractivity (Wildman–Crippen MR) is 85.8 cm³/mol. The molecule has 118 valence electrons. The first-order valence-corrected chi connectivity index (χ1v) is 8.30. The predicted octanol–water partition coefficient (Wildman–Crippen LogP) is 1.92. The second-order valence-corrected chi connectivity index (χ2v) is 6.52. The largest absolute Gasteiger partial charge is 0.336 e. The van der Waals surface area contributed by atoms with E-state index in [1.54, 1.807) is 17.2 Å². The standard InChI is InChI=1S/C15H16N6OS/c1-11-13(23-15(18-11)19-7-2-3-8-19)14(22)20-9-4-12(10-20)21-16-5-6-17-21/h2-3,5-8,12H,4,9-10H2,1H3. The highest BCUT2D eigenvalue weighted by molar-refractivity contribution is 7.16. The minimum Gasteiger partial charge on any atom is -0.336 e. The van der Waals surface area contributed by atoms with Crippen molar-refractivity contribution in [3.05, 3.63) is 47.5 Å². The number of rotatable bonds is 3. The fourth-order valence-corrected chi connectivity index (χ4v) is 3.83. The maximum Gasteiger partial charge on any atom is 0.266 e. The number of hydrogen-bond donors (Lipinski definition) is 0. The Bertz CT molecular complexity index is 807. The van der Waals surface area contributed by atoms with Crippen LogP contribution in [0.2, 0.25) is 0 Å². The van der Waals surface area contributed by atoms with Crippen molar-refractivity contribution in [2.45, 2.75) is 19.4 Å². The molecular formula is C15H16N6OS. The van der Waals surface area contributed by atoms with Crippen LogP contribution in [0.4, 0.5) is 0 Å². The van der Waals surface area contributed by atoms with Crippen LogP contribution in [-0.2, 0) is 0 Å². The van der Waals surface area contributed by atoms with Crippen LogP contribution in [0.1, 0.15) is 27.8 Å². The topological polar surface area (TPSA) is 68.8 Å². The van der Waals surface area contributed by atoms with Crippen molar-refractivity contribution in [3.8, 4) is 5.13 Å². The Kier molecular flexibility index (Phi) is 3.45. The van der Waals surface area contributed by atoms with Crippen LogP contribution >= 0.6 is 11.3 Å². The van der Waals surface area contributed by atoms with Gasteiger partial charge in [-0.05, 0) is 25.5 Å². The number of aromatic nitrogens is 5. The summed E-state index contributed by atoms with van der Waals surface area (Å²) in [5.74, 6) is 0.0491. The number of likely N-dealkylation sites (tertiary alicyclic amines) is 1. The molecule has 0 aliphatic carbocycles. The quantitative estimate of drug-likeness (QED) is 0.736. The highest BCUT2D eigenvalue weighted by Crippen LogP contribution is 2.27. The van der Waals surface area contributed by atoms with E-state index in [1.807, 2.05) is 40.9 Å². The molecule has 1 amide bonds. The summed E-state index contributed by atoms with van der Waals surface area (Å²) < 4.78 is 1.93. The van der Waals surface area contributed by atoms with Crippen molar-refractivity contribution in [2.75, 3.05) is 13.1 Å². The third kappa shape index (κ3) is 2.55. The monoisotopic (exact) mass is 328 g/mol. The lowest BCUT2D eigenvalue weighted by atomic mass is 10.3. The lowest BCUT2D eigenvalue weighted by Gasteiger charge is -2.15. The van der Waals surface area contributed by atoms with Gasteiger partial charge in [-0.2, -0.15) is 15.0 Å². The Balaban J connectivity index is 1.54. The zero-order valence-corrected chi connectivity index (χ0v) is 13.5.